The summed E-state index contributed by atoms with van der Waals surface area (Å²) in [7, 11) is -3.57. The Hall–Kier alpha value is -1.58. The van der Waals surface area contributed by atoms with Crippen LogP contribution in [0.15, 0.2) is 24.3 Å². The van der Waals surface area contributed by atoms with E-state index >= 15 is 0 Å². The van der Waals surface area contributed by atoms with Gasteiger partial charge in [-0.25, -0.2) is 13.1 Å². The van der Waals surface area contributed by atoms with E-state index in [1.807, 2.05) is 0 Å². The van der Waals surface area contributed by atoms with E-state index in [2.05, 4.69) is 4.72 Å². The van der Waals surface area contributed by atoms with E-state index < -0.39 is 15.3 Å². The lowest BCUT2D eigenvalue weighted by atomic mass is 10.2. The summed E-state index contributed by atoms with van der Waals surface area (Å²) in [6.07, 6.45) is 0. The first kappa shape index (κ1) is 12.5. The van der Waals surface area contributed by atoms with E-state index in [-0.39, 0.29) is 6.54 Å². The van der Waals surface area contributed by atoms with Crippen molar-refractivity contribution in [1.82, 2.24) is 4.72 Å². The SMILES string of the molecule is CC(C#N)S(=O)(=O)NCc1cccc(N)c1. The zero-order valence-electron chi connectivity index (χ0n) is 8.84. The molecule has 0 aliphatic heterocycles. The molecule has 6 heteroatoms. The molecule has 1 aromatic carbocycles. The Balaban J connectivity index is 2.69. The molecule has 0 radical (unpaired) electrons. The van der Waals surface area contributed by atoms with Crippen LogP contribution in [0.5, 0.6) is 0 Å². The van der Waals surface area contributed by atoms with Gasteiger partial charge in [-0.15, -0.1) is 0 Å². The topological polar surface area (TPSA) is 96.0 Å². The molecule has 0 saturated heterocycles. The lowest BCUT2D eigenvalue weighted by Gasteiger charge is -2.08. The number of nitrogens with one attached hydrogen (secondary N) is 1. The maximum absolute atomic E-state index is 11.5. The molecule has 0 fully saturated rings. The fraction of sp³-hybridized carbons (Fsp3) is 0.300. The maximum Gasteiger partial charge on any atom is 0.227 e. The van der Waals surface area contributed by atoms with Crippen molar-refractivity contribution in [2.24, 2.45) is 0 Å². The Morgan fingerprint density at radius 2 is 2.25 bits per heavy atom. The summed E-state index contributed by atoms with van der Waals surface area (Å²) in [5.41, 5.74) is 6.89. The zero-order valence-corrected chi connectivity index (χ0v) is 9.66. The van der Waals surface area contributed by atoms with Crippen LogP contribution in [0.3, 0.4) is 0 Å². The summed E-state index contributed by atoms with van der Waals surface area (Å²) in [6, 6.07) is 8.58. The second-order valence-corrected chi connectivity index (χ2v) is 5.47. The van der Waals surface area contributed by atoms with Gasteiger partial charge < -0.3 is 5.73 Å². The number of sulfonamides is 1. The minimum Gasteiger partial charge on any atom is -0.399 e. The van der Waals surface area contributed by atoms with Crippen LogP contribution in [-0.2, 0) is 16.6 Å². The molecule has 1 unspecified atom stereocenters. The number of nitrogens with two attached hydrogens (primary N) is 1. The first-order valence-corrected chi connectivity index (χ1v) is 6.23. The number of benzene rings is 1. The molecule has 3 N–H and O–H groups in total. The van der Waals surface area contributed by atoms with Crippen molar-refractivity contribution in [1.29, 1.82) is 5.26 Å². The highest BCUT2D eigenvalue weighted by Crippen LogP contribution is 2.07. The third-order valence-corrected chi connectivity index (χ3v) is 3.66. The van der Waals surface area contributed by atoms with Gasteiger partial charge in [-0.2, -0.15) is 5.26 Å². The molecule has 0 saturated carbocycles. The van der Waals surface area contributed by atoms with E-state index in [1.54, 1.807) is 30.3 Å². The fourth-order valence-corrected chi connectivity index (χ4v) is 1.84. The van der Waals surface area contributed by atoms with E-state index in [0.717, 1.165) is 5.56 Å². The number of hydrogen-bond donors (Lipinski definition) is 2. The summed E-state index contributed by atoms with van der Waals surface area (Å²) in [5, 5.41) is 7.46. The minimum atomic E-state index is -3.57. The van der Waals surface area contributed by atoms with Gasteiger partial charge in [0.2, 0.25) is 10.0 Å². The smallest absolute Gasteiger partial charge is 0.227 e. The van der Waals surface area contributed by atoms with Gasteiger partial charge >= 0.3 is 0 Å². The molecule has 86 valence electrons. The number of nitriles is 1. The Kier molecular flexibility index (Phi) is 3.88. The molecule has 0 aliphatic carbocycles. The zero-order chi connectivity index (χ0) is 12.2. The summed E-state index contributed by atoms with van der Waals surface area (Å²) in [6.45, 7) is 1.47. The summed E-state index contributed by atoms with van der Waals surface area (Å²) < 4.78 is 25.3. The highest BCUT2D eigenvalue weighted by molar-refractivity contribution is 7.90. The van der Waals surface area contributed by atoms with Crippen LogP contribution in [0.4, 0.5) is 5.69 Å². The van der Waals surface area contributed by atoms with Gasteiger partial charge in [0, 0.05) is 12.2 Å². The summed E-state index contributed by atoms with van der Waals surface area (Å²) in [5.74, 6) is 0. The number of hydrogen-bond acceptors (Lipinski definition) is 4. The molecule has 0 aromatic heterocycles. The number of nitrogen functional groups attached to an aromatic ring is 1. The molecule has 0 aliphatic rings. The summed E-state index contributed by atoms with van der Waals surface area (Å²) in [4.78, 5) is 0. The molecular formula is C10H13N3O2S. The van der Waals surface area contributed by atoms with Gasteiger partial charge in [-0.3, -0.25) is 0 Å². The van der Waals surface area contributed by atoms with Crippen molar-refractivity contribution >= 4 is 15.7 Å². The monoisotopic (exact) mass is 239 g/mol. The highest BCUT2D eigenvalue weighted by atomic mass is 32.2. The fourth-order valence-electron chi connectivity index (χ4n) is 1.08. The van der Waals surface area contributed by atoms with Gasteiger partial charge in [0.25, 0.3) is 0 Å². The first-order chi connectivity index (χ1) is 7.45. The standard InChI is InChI=1S/C10H13N3O2S/c1-8(6-11)16(14,15)13-7-9-3-2-4-10(12)5-9/h2-5,8,13H,7,12H2,1H3. The maximum atomic E-state index is 11.5. The Bertz CT molecular complexity index is 505. The number of rotatable bonds is 4. The molecule has 1 rings (SSSR count). The van der Waals surface area contributed by atoms with Crippen LogP contribution in [0.2, 0.25) is 0 Å². The van der Waals surface area contributed by atoms with Gasteiger partial charge in [0.15, 0.2) is 5.25 Å². The number of anilines is 1. The van der Waals surface area contributed by atoms with E-state index in [9.17, 15) is 8.42 Å². The molecule has 1 atom stereocenters. The van der Waals surface area contributed by atoms with Crippen molar-refractivity contribution in [2.75, 3.05) is 5.73 Å². The van der Waals surface area contributed by atoms with Crippen LogP contribution in [0.1, 0.15) is 12.5 Å². The molecule has 5 nitrogen and oxygen atoms in total. The molecular weight excluding hydrogens is 226 g/mol. The molecule has 0 spiro atoms. The highest BCUT2D eigenvalue weighted by Gasteiger charge is 2.19. The molecule has 0 bridgehead atoms. The van der Waals surface area contributed by atoms with Crippen molar-refractivity contribution < 1.29 is 8.42 Å². The van der Waals surface area contributed by atoms with Crippen molar-refractivity contribution in [3.05, 3.63) is 29.8 Å². The van der Waals surface area contributed by atoms with Crippen LogP contribution < -0.4 is 10.5 Å². The van der Waals surface area contributed by atoms with Gasteiger partial charge in [-0.05, 0) is 24.6 Å². The predicted octanol–water partition coefficient (Wildman–Crippen LogP) is 0.600. The van der Waals surface area contributed by atoms with Crippen molar-refractivity contribution in [2.45, 2.75) is 18.7 Å². The van der Waals surface area contributed by atoms with Crippen LogP contribution in [0, 0.1) is 11.3 Å². The second kappa shape index (κ2) is 4.96. The van der Waals surface area contributed by atoms with Crippen LogP contribution in [0.25, 0.3) is 0 Å². The minimum absolute atomic E-state index is 0.138. The van der Waals surface area contributed by atoms with E-state index in [4.69, 9.17) is 11.0 Å². The van der Waals surface area contributed by atoms with Crippen LogP contribution in [-0.4, -0.2) is 13.7 Å². The second-order valence-electron chi connectivity index (χ2n) is 3.38. The Morgan fingerprint density at radius 3 is 2.81 bits per heavy atom. The van der Waals surface area contributed by atoms with E-state index in [0.29, 0.717) is 5.69 Å². The predicted molar refractivity (Wildman–Crippen MR) is 61.7 cm³/mol. The van der Waals surface area contributed by atoms with Gasteiger partial charge in [0.1, 0.15) is 0 Å². The molecule has 1 aromatic rings. The largest absolute Gasteiger partial charge is 0.399 e. The number of nitrogens with zero attached hydrogens (tertiary/aromatic N) is 1. The van der Waals surface area contributed by atoms with Crippen molar-refractivity contribution in [3.8, 4) is 6.07 Å². The lowest BCUT2D eigenvalue weighted by molar-refractivity contribution is 0.577. The molecule has 0 amide bonds. The van der Waals surface area contributed by atoms with Gasteiger partial charge in [0.05, 0.1) is 6.07 Å². The van der Waals surface area contributed by atoms with Crippen molar-refractivity contribution in [3.63, 3.8) is 0 Å². The third-order valence-electron chi connectivity index (χ3n) is 2.08. The Labute approximate surface area is 94.9 Å². The first-order valence-electron chi connectivity index (χ1n) is 4.68. The van der Waals surface area contributed by atoms with Gasteiger partial charge in [-0.1, -0.05) is 12.1 Å². The average molecular weight is 239 g/mol. The molecule has 0 heterocycles. The van der Waals surface area contributed by atoms with Crippen LogP contribution >= 0.6 is 0 Å². The molecule has 16 heavy (non-hydrogen) atoms. The normalized spacial score (nSPS) is 13.0. The van der Waals surface area contributed by atoms with E-state index in [1.165, 1.54) is 6.92 Å². The quantitative estimate of drug-likeness (QED) is 0.752. The third kappa shape index (κ3) is 3.22. The lowest BCUT2D eigenvalue weighted by Crippen LogP contribution is -2.31. The summed E-state index contributed by atoms with van der Waals surface area (Å²) >= 11 is 0. The Morgan fingerprint density at radius 1 is 1.56 bits per heavy atom. The average Bonchev–Trinajstić information content (AvgIpc) is 2.25.